The minimum Gasteiger partial charge on any atom is -0.456 e. The van der Waals surface area contributed by atoms with E-state index in [4.69, 9.17) is 8.92 Å². The summed E-state index contributed by atoms with van der Waals surface area (Å²) in [5.74, 6) is 1.26. The quantitative estimate of drug-likeness (QED) is 0.122. The minimum absolute atomic E-state index is 0.0975. The molecule has 0 fully saturated rings. The van der Waals surface area contributed by atoms with Crippen molar-refractivity contribution in [3.63, 3.8) is 0 Å². The van der Waals surface area contributed by atoms with Gasteiger partial charge < -0.3 is 19.4 Å². The van der Waals surface area contributed by atoms with Crippen LogP contribution in [0.1, 0.15) is 66.0 Å². The third kappa shape index (κ3) is 5.99. The van der Waals surface area contributed by atoms with E-state index in [1.807, 2.05) is 36.1 Å². The number of aromatic nitrogens is 3. The summed E-state index contributed by atoms with van der Waals surface area (Å²) < 4.78 is 39.1. The van der Waals surface area contributed by atoms with Gasteiger partial charge in [-0.1, -0.05) is 53.2 Å². The molecule has 7 rings (SSSR count). The van der Waals surface area contributed by atoms with Crippen LogP contribution < -0.4 is 14.5 Å². The molecule has 52 heavy (non-hydrogen) atoms. The van der Waals surface area contributed by atoms with Gasteiger partial charge in [-0.15, -0.1) is 5.10 Å². The standard InChI is InChI=1S/C40H44N6O5S/c1-6-43(7-2)30-16-20-35-37(24-30)51-38-25-31(44(8-3)9-4)17-21-36(38)40(35)34-13-11-10-12-33(34)39(47)46(40)27-29-26-45(42-41-29)22-23-50-52(48,49)32-18-14-28(5)15-19-32/h10-21,24-26H,6-9,22-23,27H2,1-5H3. The van der Waals surface area contributed by atoms with Gasteiger partial charge in [0.2, 0.25) is 0 Å². The zero-order valence-electron chi connectivity index (χ0n) is 30.2. The molecule has 0 unspecified atom stereocenters. The second kappa shape index (κ2) is 14.1. The topological polar surface area (TPSA) is 110 Å². The Kier molecular flexibility index (Phi) is 9.53. The molecule has 12 heteroatoms. The second-order valence-corrected chi connectivity index (χ2v) is 14.6. The van der Waals surface area contributed by atoms with E-state index in [1.165, 1.54) is 12.1 Å². The molecule has 5 aromatic rings. The van der Waals surface area contributed by atoms with Crippen LogP contribution in [0.15, 0.2) is 96.0 Å². The molecule has 11 nitrogen and oxygen atoms in total. The predicted octanol–water partition coefficient (Wildman–Crippen LogP) is 6.74. The summed E-state index contributed by atoms with van der Waals surface area (Å²) in [6.45, 7) is 14.0. The molecule has 1 aromatic heterocycles. The van der Waals surface area contributed by atoms with E-state index >= 15 is 0 Å². The molecule has 0 saturated heterocycles. The Hall–Kier alpha value is -5.20. The van der Waals surface area contributed by atoms with Crippen LogP contribution in [0.25, 0.3) is 0 Å². The number of rotatable bonds is 13. The average Bonchev–Trinajstić information content (AvgIpc) is 3.69. The molecule has 2 aliphatic heterocycles. The van der Waals surface area contributed by atoms with Crippen molar-refractivity contribution in [1.82, 2.24) is 19.9 Å². The van der Waals surface area contributed by atoms with Crippen molar-refractivity contribution >= 4 is 27.4 Å². The van der Waals surface area contributed by atoms with E-state index in [1.54, 1.807) is 23.0 Å². The number of ether oxygens (including phenoxy) is 1. The van der Waals surface area contributed by atoms with Crippen molar-refractivity contribution in [2.45, 2.75) is 58.1 Å². The van der Waals surface area contributed by atoms with Crippen molar-refractivity contribution < 1.29 is 22.1 Å². The number of carbonyl (C=O) groups excluding carboxylic acids is 1. The van der Waals surface area contributed by atoms with E-state index < -0.39 is 15.7 Å². The highest BCUT2D eigenvalue weighted by molar-refractivity contribution is 7.86. The average molecular weight is 721 g/mol. The van der Waals surface area contributed by atoms with Gasteiger partial charge in [-0.05, 0) is 70.5 Å². The van der Waals surface area contributed by atoms with Gasteiger partial charge in [0, 0.05) is 66.4 Å². The van der Waals surface area contributed by atoms with E-state index in [0.29, 0.717) is 22.8 Å². The Morgan fingerprint density at radius 1 is 0.788 bits per heavy atom. The van der Waals surface area contributed by atoms with Gasteiger partial charge in [0.05, 0.1) is 30.8 Å². The summed E-state index contributed by atoms with van der Waals surface area (Å²) in [6.07, 6.45) is 1.74. The van der Waals surface area contributed by atoms with Gasteiger partial charge in [0.1, 0.15) is 22.7 Å². The summed E-state index contributed by atoms with van der Waals surface area (Å²) in [5.41, 5.74) is 5.80. The molecule has 0 bridgehead atoms. The van der Waals surface area contributed by atoms with Crippen molar-refractivity contribution in [2.24, 2.45) is 0 Å². The fourth-order valence-electron chi connectivity index (χ4n) is 7.52. The fraction of sp³-hybridized carbons (Fsp3) is 0.325. The van der Waals surface area contributed by atoms with Crippen molar-refractivity contribution in [2.75, 3.05) is 42.6 Å². The molecule has 0 radical (unpaired) electrons. The van der Waals surface area contributed by atoms with Crippen LogP contribution in [0.2, 0.25) is 0 Å². The lowest BCUT2D eigenvalue weighted by molar-refractivity contribution is 0.0642. The lowest BCUT2D eigenvalue weighted by Crippen LogP contribution is -2.47. The summed E-state index contributed by atoms with van der Waals surface area (Å²) >= 11 is 0. The van der Waals surface area contributed by atoms with Crippen molar-refractivity contribution in [3.05, 3.63) is 125 Å². The maximum Gasteiger partial charge on any atom is 0.297 e. The maximum atomic E-state index is 14.6. The molecule has 0 saturated carbocycles. The van der Waals surface area contributed by atoms with E-state index in [-0.39, 0.29) is 30.5 Å². The first-order chi connectivity index (χ1) is 25.1. The number of benzene rings is 4. The van der Waals surface area contributed by atoms with Gasteiger partial charge in [0.15, 0.2) is 0 Å². The van der Waals surface area contributed by atoms with Crippen LogP contribution in [-0.2, 0) is 32.9 Å². The zero-order chi connectivity index (χ0) is 36.6. The van der Waals surface area contributed by atoms with Crippen LogP contribution in [0.5, 0.6) is 11.5 Å². The fourth-order valence-corrected chi connectivity index (χ4v) is 8.42. The number of fused-ring (bicyclic) bond motifs is 6. The first-order valence-electron chi connectivity index (χ1n) is 17.9. The normalized spacial score (nSPS) is 14.2. The lowest BCUT2D eigenvalue weighted by Gasteiger charge is -2.44. The van der Waals surface area contributed by atoms with Gasteiger partial charge in [-0.3, -0.25) is 8.98 Å². The number of hydrogen-bond donors (Lipinski definition) is 0. The molecule has 270 valence electrons. The predicted molar refractivity (Wildman–Crippen MR) is 201 cm³/mol. The molecule has 2 aliphatic rings. The van der Waals surface area contributed by atoms with Crippen LogP contribution in [0.4, 0.5) is 11.4 Å². The van der Waals surface area contributed by atoms with Crippen molar-refractivity contribution in [3.8, 4) is 11.5 Å². The lowest BCUT2D eigenvalue weighted by atomic mass is 9.74. The van der Waals surface area contributed by atoms with Gasteiger partial charge >= 0.3 is 0 Å². The Bertz CT molecular complexity index is 2150. The van der Waals surface area contributed by atoms with E-state index in [9.17, 15) is 13.2 Å². The third-order valence-corrected chi connectivity index (χ3v) is 11.5. The molecule has 4 aromatic carbocycles. The number of aryl methyl sites for hydroxylation is 1. The Morgan fingerprint density at radius 3 is 1.98 bits per heavy atom. The highest BCUT2D eigenvalue weighted by Crippen LogP contribution is 2.58. The Labute approximate surface area is 305 Å². The largest absolute Gasteiger partial charge is 0.456 e. The third-order valence-electron chi connectivity index (χ3n) is 10.2. The molecule has 0 aliphatic carbocycles. The Balaban J connectivity index is 1.28. The number of nitrogens with zero attached hydrogens (tertiary/aromatic N) is 6. The van der Waals surface area contributed by atoms with Crippen LogP contribution in [0, 0.1) is 6.92 Å². The Morgan fingerprint density at radius 2 is 1.38 bits per heavy atom. The number of carbonyl (C=O) groups is 1. The van der Waals surface area contributed by atoms with E-state index in [2.05, 4.69) is 84.2 Å². The highest BCUT2D eigenvalue weighted by Gasteiger charge is 2.56. The summed E-state index contributed by atoms with van der Waals surface area (Å²) in [7, 11) is -3.93. The van der Waals surface area contributed by atoms with Crippen LogP contribution in [0.3, 0.4) is 0 Å². The van der Waals surface area contributed by atoms with Crippen molar-refractivity contribution in [1.29, 1.82) is 0 Å². The molecule has 1 amide bonds. The van der Waals surface area contributed by atoms with Crippen LogP contribution >= 0.6 is 0 Å². The smallest absolute Gasteiger partial charge is 0.297 e. The van der Waals surface area contributed by atoms with Gasteiger partial charge in [-0.2, -0.15) is 8.42 Å². The summed E-state index contributed by atoms with van der Waals surface area (Å²) in [4.78, 5) is 21.1. The van der Waals surface area contributed by atoms with Gasteiger partial charge in [0.25, 0.3) is 16.0 Å². The van der Waals surface area contributed by atoms with E-state index in [0.717, 1.165) is 59.8 Å². The summed E-state index contributed by atoms with van der Waals surface area (Å²) in [5, 5.41) is 8.71. The molecule has 0 N–H and O–H groups in total. The molecule has 3 heterocycles. The minimum atomic E-state index is -3.93. The SMILES string of the molecule is CCN(CC)c1ccc2c(c1)Oc1cc(N(CC)CC)ccc1C21c2ccccc2C(=O)N1Cc1cn(CCOS(=O)(=O)c2ccc(C)cc2)nn1. The second-order valence-electron chi connectivity index (χ2n) is 13.0. The monoisotopic (exact) mass is 720 g/mol. The molecule has 1 spiro atoms. The maximum absolute atomic E-state index is 14.6. The zero-order valence-corrected chi connectivity index (χ0v) is 31.1. The molecular weight excluding hydrogens is 677 g/mol. The highest BCUT2D eigenvalue weighted by atomic mass is 32.2. The number of hydrogen-bond acceptors (Lipinski definition) is 9. The van der Waals surface area contributed by atoms with Gasteiger partial charge in [-0.25, -0.2) is 4.68 Å². The first kappa shape index (κ1) is 35.2. The molecule has 0 atom stereocenters. The number of anilines is 2. The first-order valence-corrected chi connectivity index (χ1v) is 19.3. The van der Waals surface area contributed by atoms with Crippen LogP contribution in [-0.4, -0.2) is 67.0 Å². The number of amides is 1. The summed E-state index contributed by atoms with van der Waals surface area (Å²) in [6, 6.07) is 26.9. The molecular formula is C40H44N6O5S.